The normalized spacial score (nSPS) is 32.2. The second-order valence-electron chi connectivity index (χ2n) is 7.51. The summed E-state index contributed by atoms with van der Waals surface area (Å²) in [5.41, 5.74) is 0. The van der Waals surface area contributed by atoms with Crippen LogP contribution in [0.2, 0.25) is 0 Å². The molecule has 0 spiro atoms. The molecule has 0 aromatic heterocycles. The Hall–Kier alpha value is -0.610. The van der Waals surface area contributed by atoms with Crippen molar-refractivity contribution in [3.05, 3.63) is 0 Å². The zero-order valence-corrected chi connectivity index (χ0v) is 14.2. The molecule has 3 atom stereocenters. The van der Waals surface area contributed by atoms with E-state index in [1.54, 1.807) is 0 Å². The van der Waals surface area contributed by atoms with Crippen LogP contribution >= 0.6 is 0 Å². The number of hydrogen-bond donors (Lipinski definition) is 1. The molecular formula is C18H32N2O2. The summed E-state index contributed by atoms with van der Waals surface area (Å²) in [6.45, 7) is 8.51. The molecule has 1 saturated heterocycles. The average Bonchev–Trinajstić information content (AvgIpc) is 3.26. The Bertz CT molecular complexity index is 379. The number of hydrogen-bond acceptors (Lipinski definition) is 3. The van der Waals surface area contributed by atoms with Gasteiger partial charge in [-0.05, 0) is 37.5 Å². The average molecular weight is 308 g/mol. The number of ether oxygens (including phenoxy) is 1. The summed E-state index contributed by atoms with van der Waals surface area (Å²) in [5.74, 6) is 1.97. The van der Waals surface area contributed by atoms with Gasteiger partial charge in [0, 0.05) is 31.6 Å². The summed E-state index contributed by atoms with van der Waals surface area (Å²) < 4.78 is 5.98. The molecule has 1 heterocycles. The number of carbonyl (C=O) groups is 1. The van der Waals surface area contributed by atoms with Crippen molar-refractivity contribution < 1.29 is 9.53 Å². The van der Waals surface area contributed by atoms with Crippen LogP contribution in [0.15, 0.2) is 0 Å². The Labute approximate surface area is 135 Å². The zero-order chi connectivity index (χ0) is 15.5. The van der Waals surface area contributed by atoms with Crippen molar-refractivity contribution in [2.75, 3.05) is 26.2 Å². The molecule has 0 radical (unpaired) electrons. The zero-order valence-electron chi connectivity index (χ0n) is 14.2. The summed E-state index contributed by atoms with van der Waals surface area (Å²) in [5, 5.41) is 3.16. The lowest BCUT2D eigenvalue weighted by Gasteiger charge is -2.39. The van der Waals surface area contributed by atoms with Crippen LogP contribution in [0, 0.1) is 17.8 Å². The minimum Gasteiger partial charge on any atom is -0.375 e. The molecule has 1 aliphatic heterocycles. The molecule has 0 bridgehead atoms. The van der Waals surface area contributed by atoms with Gasteiger partial charge in [0.15, 0.2) is 0 Å². The van der Waals surface area contributed by atoms with Crippen LogP contribution in [-0.2, 0) is 9.53 Å². The van der Waals surface area contributed by atoms with Crippen LogP contribution in [0.3, 0.4) is 0 Å². The number of nitrogens with one attached hydrogen (secondary N) is 1. The van der Waals surface area contributed by atoms with E-state index < -0.39 is 0 Å². The predicted molar refractivity (Wildman–Crippen MR) is 87.6 cm³/mol. The first-order valence-corrected chi connectivity index (χ1v) is 9.34. The number of fused-ring (bicyclic) bond motifs is 1. The molecule has 126 valence electrons. The van der Waals surface area contributed by atoms with Gasteiger partial charge >= 0.3 is 0 Å². The number of morpholine rings is 1. The van der Waals surface area contributed by atoms with E-state index in [0.717, 1.165) is 44.4 Å². The van der Waals surface area contributed by atoms with Crippen molar-refractivity contribution in [3.63, 3.8) is 0 Å². The van der Waals surface area contributed by atoms with E-state index >= 15 is 0 Å². The molecule has 1 amide bonds. The first-order chi connectivity index (χ1) is 10.7. The lowest BCUT2D eigenvalue weighted by atomic mass is 10.0. The van der Waals surface area contributed by atoms with Crippen molar-refractivity contribution in [3.8, 4) is 0 Å². The van der Waals surface area contributed by atoms with Crippen molar-refractivity contribution in [2.45, 2.75) is 64.5 Å². The molecule has 2 saturated carbocycles. The standard InChI is InChI=1S/C18H32N2O2/c1-3-13(4-2)12-20-7-8-22-17-10-15(9-16(17)20)18(21)19-11-14-5-6-14/h13-17H,3-12H2,1-2H3,(H,19,21)/t15-,16+,17+/m0/s1. The van der Waals surface area contributed by atoms with Gasteiger partial charge in [-0.25, -0.2) is 0 Å². The molecule has 22 heavy (non-hydrogen) atoms. The lowest BCUT2D eigenvalue weighted by Crippen LogP contribution is -2.50. The van der Waals surface area contributed by atoms with Crippen LogP contribution in [0.4, 0.5) is 0 Å². The first kappa shape index (κ1) is 16.3. The Kier molecular flexibility index (Phi) is 5.40. The highest BCUT2D eigenvalue weighted by molar-refractivity contribution is 5.79. The lowest BCUT2D eigenvalue weighted by molar-refractivity contribution is -0.125. The largest absolute Gasteiger partial charge is 0.375 e. The van der Waals surface area contributed by atoms with Gasteiger partial charge < -0.3 is 10.1 Å². The van der Waals surface area contributed by atoms with Crippen molar-refractivity contribution in [1.29, 1.82) is 0 Å². The van der Waals surface area contributed by atoms with Gasteiger partial charge in [0.2, 0.25) is 5.91 Å². The minimum atomic E-state index is 0.163. The van der Waals surface area contributed by atoms with Gasteiger partial charge in [-0.3, -0.25) is 9.69 Å². The number of amides is 1. The Morgan fingerprint density at radius 2 is 2.05 bits per heavy atom. The van der Waals surface area contributed by atoms with Crippen LogP contribution in [0.1, 0.15) is 52.4 Å². The highest BCUT2D eigenvalue weighted by Gasteiger charge is 2.43. The quantitative estimate of drug-likeness (QED) is 0.785. The molecule has 0 aromatic carbocycles. The van der Waals surface area contributed by atoms with E-state index in [1.807, 2.05) is 0 Å². The smallest absolute Gasteiger partial charge is 0.223 e. The van der Waals surface area contributed by atoms with E-state index in [0.29, 0.717) is 6.04 Å². The number of rotatable bonds is 7. The van der Waals surface area contributed by atoms with E-state index in [1.165, 1.54) is 32.2 Å². The summed E-state index contributed by atoms with van der Waals surface area (Å²) in [6.07, 6.45) is 7.26. The van der Waals surface area contributed by atoms with Crippen molar-refractivity contribution in [2.24, 2.45) is 17.8 Å². The van der Waals surface area contributed by atoms with Crippen molar-refractivity contribution >= 4 is 5.91 Å². The number of nitrogens with zero attached hydrogens (tertiary/aromatic N) is 1. The van der Waals surface area contributed by atoms with Gasteiger partial charge in [0.05, 0.1) is 12.7 Å². The summed E-state index contributed by atoms with van der Waals surface area (Å²) in [4.78, 5) is 15.0. The second-order valence-corrected chi connectivity index (χ2v) is 7.51. The monoisotopic (exact) mass is 308 g/mol. The molecule has 0 unspecified atom stereocenters. The molecular weight excluding hydrogens is 276 g/mol. The van der Waals surface area contributed by atoms with Gasteiger partial charge in [0.25, 0.3) is 0 Å². The molecule has 4 nitrogen and oxygen atoms in total. The minimum absolute atomic E-state index is 0.163. The SMILES string of the molecule is CCC(CC)CN1CCO[C@@H]2C[C@@H](C(=O)NCC3CC3)C[C@H]21. The highest BCUT2D eigenvalue weighted by atomic mass is 16.5. The van der Waals surface area contributed by atoms with Crippen LogP contribution in [-0.4, -0.2) is 49.2 Å². The molecule has 0 aromatic rings. The van der Waals surface area contributed by atoms with Gasteiger partial charge in [0.1, 0.15) is 0 Å². The molecule has 1 N–H and O–H groups in total. The van der Waals surface area contributed by atoms with E-state index in [-0.39, 0.29) is 17.9 Å². The second kappa shape index (κ2) is 7.31. The molecule has 3 aliphatic rings. The molecule has 2 aliphatic carbocycles. The fourth-order valence-corrected chi connectivity index (χ4v) is 4.06. The maximum absolute atomic E-state index is 12.4. The highest BCUT2D eigenvalue weighted by Crippen LogP contribution is 2.35. The molecule has 4 heteroatoms. The van der Waals surface area contributed by atoms with E-state index in [4.69, 9.17) is 4.74 Å². The third kappa shape index (κ3) is 3.83. The van der Waals surface area contributed by atoms with E-state index in [9.17, 15) is 4.79 Å². The summed E-state index contributed by atoms with van der Waals surface area (Å²) >= 11 is 0. The topological polar surface area (TPSA) is 41.6 Å². The fourth-order valence-electron chi connectivity index (χ4n) is 4.06. The Balaban J connectivity index is 1.53. The van der Waals surface area contributed by atoms with Crippen LogP contribution in [0.25, 0.3) is 0 Å². The van der Waals surface area contributed by atoms with Gasteiger partial charge in [-0.2, -0.15) is 0 Å². The predicted octanol–water partition coefficient (Wildman–Crippen LogP) is 2.43. The van der Waals surface area contributed by atoms with Crippen LogP contribution in [0.5, 0.6) is 0 Å². The maximum atomic E-state index is 12.4. The van der Waals surface area contributed by atoms with Crippen molar-refractivity contribution in [1.82, 2.24) is 10.2 Å². The third-order valence-corrected chi connectivity index (χ3v) is 5.93. The van der Waals surface area contributed by atoms with Gasteiger partial charge in [-0.1, -0.05) is 26.7 Å². The molecule has 3 fully saturated rings. The fraction of sp³-hybridized carbons (Fsp3) is 0.944. The summed E-state index contributed by atoms with van der Waals surface area (Å²) in [7, 11) is 0. The Morgan fingerprint density at radius 3 is 2.73 bits per heavy atom. The first-order valence-electron chi connectivity index (χ1n) is 9.34. The summed E-state index contributed by atoms with van der Waals surface area (Å²) in [6, 6.07) is 0.464. The third-order valence-electron chi connectivity index (χ3n) is 5.93. The molecule has 3 rings (SSSR count). The number of carbonyl (C=O) groups excluding carboxylic acids is 1. The van der Waals surface area contributed by atoms with Crippen LogP contribution < -0.4 is 5.32 Å². The van der Waals surface area contributed by atoms with E-state index in [2.05, 4.69) is 24.1 Å². The Morgan fingerprint density at radius 1 is 1.27 bits per heavy atom. The maximum Gasteiger partial charge on any atom is 0.223 e. The van der Waals surface area contributed by atoms with Gasteiger partial charge in [-0.15, -0.1) is 0 Å².